The Balaban J connectivity index is 1.45. The monoisotopic (exact) mass is 438 g/mol. The van der Waals surface area contributed by atoms with E-state index in [1.807, 2.05) is 4.90 Å². The first-order valence-corrected chi connectivity index (χ1v) is 9.18. The highest BCUT2D eigenvalue weighted by molar-refractivity contribution is 5.27. The Morgan fingerprint density at radius 3 is 2.30 bits per heavy atom. The minimum absolute atomic E-state index is 0.0771. The molecule has 3 rings (SSSR count). The van der Waals surface area contributed by atoms with Gasteiger partial charge < -0.3 is 15.3 Å². The third kappa shape index (κ3) is 6.05. The van der Waals surface area contributed by atoms with E-state index < -0.39 is 29.8 Å². The Labute approximate surface area is 167 Å². The molecule has 1 atom stereocenters. The number of piperidine rings is 1. The summed E-state index contributed by atoms with van der Waals surface area (Å²) in [6.45, 7) is 1.28. The van der Waals surface area contributed by atoms with E-state index in [1.54, 1.807) is 0 Å². The number of hydrogen-bond acceptors (Lipinski definition) is 6. The summed E-state index contributed by atoms with van der Waals surface area (Å²) < 4.78 is 76.9. The fourth-order valence-electron chi connectivity index (χ4n) is 3.21. The minimum Gasteiger partial charge on any atom is -0.390 e. The molecule has 2 aromatic rings. The van der Waals surface area contributed by atoms with Crippen molar-refractivity contribution in [3.63, 3.8) is 0 Å². The Kier molecular flexibility index (Phi) is 6.50. The highest BCUT2D eigenvalue weighted by Gasteiger charge is 2.34. The van der Waals surface area contributed by atoms with E-state index in [1.165, 1.54) is 0 Å². The zero-order valence-corrected chi connectivity index (χ0v) is 15.7. The fraction of sp³-hybridized carbons (Fsp3) is 0.588. The second-order valence-electron chi connectivity index (χ2n) is 7.06. The smallest absolute Gasteiger partial charge is 0.390 e. The molecule has 0 aliphatic carbocycles. The molecule has 0 radical (unpaired) electrons. The third-order valence-electron chi connectivity index (χ3n) is 4.66. The van der Waals surface area contributed by atoms with Crippen LogP contribution < -0.4 is 5.32 Å². The molecular weight excluding hydrogens is 418 g/mol. The molecule has 0 bridgehead atoms. The fourth-order valence-corrected chi connectivity index (χ4v) is 3.21. The molecule has 0 spiro atoms. The maximum absolute atomic E-state index is 12.7. The van der Waals surface area contributed by atoms with Gasteiger partial charge in [0.15, 0.2) is 5.69 Å². The number of rotatable bonds is 6. The number of anilines is 1. The van der Waals surface area contributed by atoms with Crippen LogP contribution in [-0.4, -0.2) is 61.5 Å². The van der Waals surface area contributed by atoms with Gasteiger partial charge in [-0.15, -0.1) is 0 Å². The van der Waals surface area contributed by atoms with Gasteiger partial charge in [-0.2, -0.15) is 31.4 Å². The van der Waals surface area contributed by atoms with E-state index in [2.05, 4.69) is 20.4 Å². The second-order valence-corrected chi connectivity index (χ2v) is 7.06. The maximum Gasteiger partial charge on any atom is 0.435 e. The highest BCUT2D eigenvalue weighted by atomic mass is 19.4. The van der Waals surface area contributed by atoms with E-state index in [0.717, 1.165) is 29.2 Å². The number of hydrogen-bond donors (Lipinski definition) is 2. The molecule has 1 saturated heterocycles. The van der Waals surface area contributed by atoms with Crippen LogP contribution >= 0.6 is 0 Å². The quantitative estimate of drug-likeness (QED) is 0.676. The molecule has 13 heteroatoms. The third-order valence-corrected chi connectivity index (χ3v) is 4.66. The van der Waals surface area contributed by atoms with Crippen molar-refractivity contribution in [1.29, 1.82) is 0 Å². The van der Waals surface area contributed by atoms with E-state index in [9.17, 15) is 31.4 Å². The molecule has 7 nitrogen and oxygen atoms in total. The average Bonchev–Trinajstić information content (AvgIpc) is 3.12. The van der Waals surface area contributed by atoms with Gasteiger partial charge in [0, 0.05) is 38.1 Å². The summed E-state index contributed by atoms with van der Waals surface area (Å²) in [7, 11) is 0. The average molecular weight is 438 g/mol. The number of aliphatic hydroxyl groups is 1. The molecule has 1 unspecified atom stereocenters. The van der Waals surface area contributed by atoms with Crippen LogP contribution in [0.4, 0.5) is 32.3 Å². The van der Waals surface area contributed by atoms with Gasteiger partial charge in [0.05, 0.1) is 12.6 Å². The molecule has 1 aliphatic rings. The maximum atomic E-state index is 12.7. The topological polar surface area (TPSA) is 79.1 Å². The molecule has 1 fully saturated rings. The SMILES string of the molecule is OC(CN1CCC(Nc2nccc(C(F)(F)F)n2)CC1)Cn1ccc(C(F)(F)F)n1. The summed E-state index contributed by atoms with van der Waals surface area (Å²) >= 11 is 0. The summed E-state index contributed by atoms with van der Waals surface area (Å²) in [5, 5.41) is 16.4. The number of likely N-dealkylation sites (tertiary alicyclic amines) is 1. The molecular formula is C17H20F6N6O. The Hall–Kier alpha value is -2.41. The summed E-state index contributed by atoms with van der Waals surface area (Å²) in [5.74, 6) is -0.0949. The first-order valence-electron chi connectivity index (χ1n) is 9.18. The first-order chi connectivity index (χ1) is 14.0. The minimum atomic E-state index is -4.55. The van der Waals surface area contributed by atoms with Crippen molar-refractivity contribution in [2.45, 2.75) is 43.9 Å². The lowest BCUT2D eigenvalue weighted by Gasteiger charge is -2.33. The standard InChI is InChI=1S/C17H20F6N6O/c18-16(19,20)13-1-5-24-15(26-13)25-11-2-6-28(7-3-11)9-12(30)10-29-8-4-14(27-29)17(21,22)23/h1,4-5,8,11-12,30H,2-3,6-7,9-10H2,(H,24,25,26). The van der Waals surface area contributed by atoms with Crippen LogP contribution in [0.1, 0.15) is 24.2 Å². The van der Waals surface area contributed by atoms with Gasteiger partial charge in [-0.3, -0.25) is 4.68 Å². The van der Waals surface area contributed by atoms with Crippen LogP contribution in [0.5, 0.6) is 0 Å². The van der Waals surface area contributed by atoms with Crippen molar-refractivity contribution in [1.82, 2.24) is 24.6 Å². The molecule has 2 aromatic heterocycles. The van der Waals surface area contributed by atoms with E-state index >= 15 is 0 Å². The van der Waals surface area contributed by atoms with Crippen LogP contribution in [0.25, 0.3) is 0 Å². The Morgan fingerprint density at radius 2 is 1.70 bits per heavy atom. The molecule has 0 amide bonds. The van der Waals surface area contributed by atoms with Crippen LogP contribution in [0, 0.1) is 0 Å². The number of aliphatic hydroxyl groups excluding tert-OH is 1. The second kappa shape index (κ2) is 8.76. The molecule has 166 valence electrons. The summed E-state index contributed by atoms with van der Waals surface area (Å²) in [6, 6.07) is 1.52. The van der Waals surface area contributed by atoms with Gasteiger partial charge in [-0.25, -0.2) is 9.97 Å². The van der Waals surface area contributed by atoms with Gasteiger partial charge in [0.2, 0.25) is 5.95 Å². The highest BCUT2D eigenvalue weighted by Crippen LogP contribution is 2.28. The Morgan fingerprint density at radius 1 is 1.03 bits per heavy atom. The predicted molar refractivity (Wildman–Crippen MR) is 93.4 cm³/mol. The predicted octanol–water partition coefficient (Wildman–Crippen LogP) is 2.65. The van der Waals surface area contributed by atoms with Gasteiger partial charge in [-0.05, 0) is 25.0 Å². The van der Waals surface area contributed by atoms with E-state index in [-0.39, 0.29) is 25.1 Å². The Bertz CT molecular complexity index is 831. The lowest BCUT2D eigenvalue weighted by atomic mass is 10.0. The number of nitrogens with zero attached hydrogens (tertiary/aromatic N) is 5. The van der Waals surface area contributed by atoms with Crippen molar-refractivity contribution >= 4 is 5.95 Å². The lowest BCUT2D eigenvalue weighted by molar-refractivity contribution is -0.142. The molecule has 0 aromatic carbocycles. The van der Waals surface area contributed by atoms with Crippen LogP contribution in [0.2, 0.25) is 0 Å². The van der Waals surface area contributed by atoms with Gasteiger partial charge in [0.25, 0.3) is 0 Å². The van der Waals surface area contributed by atoms with Crippen molar-refractivity contribution in [3.05, 3.63) is 35.9 Å². The van der Waals surface area contributed by atoms with Gasteiger partial charge in [-0.1, -0.05) is 0 Å². The normalized spacial score (nSPS) is 17.8. The van der Waals surface area contributed by atoms with E-state index in [0.29, 0.717) is 25.9 Å². The van der Waals surface area contributed by atoms with Crippen LogP contribution in [0.3, 0.4) is 0 Å². The largest absolute Gasteiger partial charge is 0.435 e. The van der Waals surface area contributed by atoms with Crippen molar-refractivity contribution in [2.24, 2.45) is 0 Å². The molecule has 30 heavy (non-hydrogen) atoms. The first kappa shape index (κ1) is 22.3. The number of aromatic nitrogens is 4. The van der Waals surface area contributed by atoms with Crippen molar-refractivity contribution in [3.8, 4) is 0 Å². The number of alkyl halides is 6. The van der Waals surface area contributed by atoms with Gasteiger partial charge in [0.1, 0.15) is 5.69 Å². The summed E-state index contributed by atoms with van der Waals surface area (Å²) in [6.07, 6.45) is -6.61. The van der Waals surface area contributed by atoms with E-state index in [4.69, 9.17) is 0 Å². The molecule has 1 aliphatic heterocycles. The zero-order chi connectivity index (χ0) is 21.9. The summed E-state index contributed by atoms with van der Waals surface area (Å²) in [4.78, 5) is 9.23. The van der Waals surface area contributed by atoms with Gasteiger partial charge >= 0.3 is 12.4 Å². The molecule has 0 saturated carbocycles. The lowest BCUT2D eigenvalue weighted by Crippen LogP contribution is -2.43. The van der Waals surface area contributed by atoms with Crippen LogP contribution in [0.15, 0.2) is 24.5 Å². The number of β-amino-alcohol motifs (C(OH)–C–C–N with tert-alkyl or cyclic N) is 1. The number of nitrogens with one attached hydrogen (secondary N) is 1. The number of halogens is 6. The van der Waals surface area contributed by atoms with Crippen LogP contribution in [-0.2, 0) is 18.9 Å². The molecule has 3 heterocycles. The zero-order valence-electron chi connectivity index (χ0n) is 15.7. The van der Waals surface area contributed by atoms with Crippen molar-refractivity contribution in [2.75, 3.05) is 25.0 Å². The van der Waals surface area contributed by atoms with Crippen molar-refractivity contribution < 1.29 is 31.4 Å². The molecule has 2 N–H and O–H groups in total. The summed E-state index contributed by atoms with van der Waals surface area (Å²) in [5.41, 5.74) is -2.04.